The first-order valence-electron chi connectivity index (χ1n) is 8.83. The van der Waals surface area contributed by atoms with E-state index < -0.39 is 0 Å². The predicted molar refractivity (Wildman–Crippen MR) is 90.7 cm³/mol. The minimum absolute atomic E-state index is 0.313. The molecule has 23 heavy (non-hydrogen) atoms. The van der Waals surface area contributed by atoms with Gasteiger partial charge in [-0.2, -0.15) is 5.10 Å². The van der Waals surface area contributed by atoms with E-state index in [2.05, 4.69) is 39.9 Å². The Balaban J connectivity index is 1.60. The Kier molecular flexibility index (Phi) is 4.19. The standard InChI is InChI=1S/C19H25N3O/c23-14-15-6-5-11-21(12-15)13-18-17-9-4-10-19(17)22(20-18)16-7-2-1-3-8-16/h1-3,7-8,15,23H,4-6,9-14H2. The van der Waals surface area contributed by atoms with Crippen LogP contribution < -0.4 is 0 Å². The fraction of sp³-hybridized carbons (Fsp3) is 0.526. The van der Waals surface area contributed by atoms with Gasteiger partial charge >= 0.3 is 0 Å². The molecule has 4 heteroatoms. The number of likely N-dealkylation sites (tertiary alicyclic amines) is 1. The summed E-state index contributed by atoms with van der Waals surface area (Å²) in [6.45, 7) is 3.37. The van der Waals surface area contributed by atoms with Crippen molar-refractivity contribution in [3.05, 3.63) is 47.3 Å². The second-order valence-electron chi connectivity index (χ2n) is 6.90. The number of benzene rings is 1. The molecule has 1 aliphatic heterocycles. The molecule has 1 unspecified atom stereocenters. The Morgan fingerprint density at radius 3 is 2.83 bits per heavy atom. The number of hydrogen-bond donors (Lipinski definition) is 1. The molecule has 4 nitrogen and oxygen atoms in total. The number of aliphatic hydroxyl groups is 1. The van der Waals surface area contributed by atoms with Crippen molar-refractivity contribution >= 4 is 0 Å². The summed E-state index contributed by atoms with van der Waals surface area (Å²) in [7, 11) is 0. The lowest BCUT2D eigenvalue weighted by Crippen LogP contribution is -2.36. The molecule has 2 heterocycles. The SMILES string of the molecule is OCC1CCCN(Cc2nn(-c3ccccc3)c3c2CCC3)C1. The molecular weight excluding hydrogens is 286 g/mol. The Morgan fingerprint density at radius 2 is 2.00 bits per heavy atom. The normalized spacial score (nSPS) is 21.5. The van der Waals surface area contributed by atoms with E-state index in [1.807, 2.05) is 0 Å². The molecule has 1 aliphatic carbocycles. The van der Waals surface area contributed by atoms with E-state index in [-0.39, 0.29) is 0 Å². The summed E-state index contributed by atoms with van der Waals surface area (Å²) in [5.74, 6) is 0.438. The summed E-state index contributed by atoms with van der Waals surface area (Å²) in [5.41, 5.74) is 5.30. The van der Waals surface area contributed by atoms with E-state index >= 15 is 0 Å². The van der Waals surface area contributed by atoms with Crippen LogP contribution in [0.15, 0.2) is 30.3 Å². The Hall–Kier alpha value is -1.65. The van der Waals surface area contributed by atoms with Crippen molar-refractivity contribution in [2.45, 2.75) is 38.6 Å². The maximum absolute atomic E-state index is 9.44. The van der Waals surface area contributed by atoms with Crippen molar-refractivity contribution in [2.24, 2.45) is 5.92 Å². The van der Waals surface area contributed by atoms with E-state index in [0.717, 1.165) is 38.9 Å². The lowest BCUT2D eigenvalue weighted by Gasteiger charge is -2.31. The van der Waals surface area contributed by atoms with Gasteiger partial charge in [0, 0.05) is 25.4 Å². The first-order valence-corrected chi connectivity index (χ1v) is 8.83. The molecule has 122 valence electrons. The highest BCUT2D eigenvalue weighted by atomic mass is 16.3. The Labute approximate surface area is 137 Å². The topological polar surface area (TPSA) is 41.3 Å². The second-order valence-corrected chi connectivity index (χ2v) is 6.90. The number of nitrogens with zero attached hydrogens (tertiary/aromatic N) is 3. The van der Waals surface area contributed by atoms with E-state index in [1.165, 1.54) is 35.5 Å². The van der Waals surface area contributed by atoms with Gasteiger partial charge in [0.25, 0.3) is 0 Å². The molecular formula is C19H25N3O. The monoisotopic (exact) mass is 311 g/mol. The van der Waals surface area contributed by atoms with E-state index in [0.29, 0.717) is 12.5 Å². The highest BCUT2D eigenvalue weighted by Crippen LogP contribution is 2.29. The van der Waals surface area contributed by atoms with Crippen LogP contribution >= 0.6 is 0 Å². The van der Waals surface area contributed by atoms with Crippen LogP contribution in [0.3, 0.4) is 0 Å². The third-order valence-corrected chi connectivity index (χ3v) is 5.25. The summed E-state index contributed by atoms with van der Waals surface area (Å²) in [5, 5.41) is 14.4. The number of hydrogen-bond acceptors (Lipinski definition) is 3. The molecule has 0 spiro atoms. The van der Waals surface area contributed by atoms with Gasteiger partial charge in [0.2, 0.25) is 0 Å². The van der Waals surface area contributed by atoms with E-state index in [4.69, 9.17) is 5.10 Å². The number of fused-ring (bicyclic) bond motifs is 1. The molecule has 1 N–H and O–H groups in total. The maximum Gasteiger partial charge on any atom is 0.0804 e. The Morgan fingerprint density at radius 1 is 1.13 bits per heavy atom. The largest absolute Gasteiger partial charge is 0.396 e. The molecule has 4 rings (SSSR count). The zero-order chi connectivity index (χ0) is 15.6. The molecule has 0 radical (unpaired) electrons. The van der Waals surface area contributed by atoms with E-state index in [9.17, 15) is 5.11 Å². The summed E-state index contributed by atoms with van der Waals surface area (Å²) in [6.07, 6.45) is 5.88. The predicted octanol–water partition coefficient (Wildman–Crippen LogP) is 2.57. The van der Waals surface area contributed by atoms with Gasteiger partial charge < -0.3 is 5.11 Å². The summed E-state index contributed by atoms with van der Waals surface area (Å²) < 4.78 is 2.16. The minimum Gasteiger partial charge on any atom is -0.396 e. The third-order valence-electron chi connectivity index (χ3n) is 5.25. The van der Waals surface area contributed by atoms with Gasteiger partial charge in [0.05, 0.1) is 11.4 Å². The van der Waals surface area contributed by atoms with Crippen LogP contribution in [-0.2, 0) is 19.4 Å². The van der Waals surface area contributed by atoms with Crippen molar-refractivity contribution in [2.75, 3.05) is 19.7 Å². The zero-order valence-electron chi connectivity index (χ0n) is 13.6. The molecule has 1 saturated heterocycles. The van der Waals surface area contributed by atoms with Crippen molar-refractivity contribution in [1.29, 1.82) is 0 Å². The molecule has 0 bridgehead atoms. The number of aromatic nitrogens is 2. The number of rotatable bonds is 4. The van der Waals surface area contributed by atoms with Crippen LogP contribution in [0.4, 0.5) is 0 Å². The van der Waals surface area contributed by atoms with Gasteiger partial charge in [-0.1, -0.05) is 18.2 Å². The smallest absolute Gasteiger partial charge is 0.0804 e. The fourth-order valence-corrected chi connectivity index (χ4v) is 4.08. The third kappa shape index (κ3) is 2.93. The van der Waals surface area contributed by atoms with Crippen molar-refractivity contribution in [1.82, 2.24) is 14.7 Å². The summed E-state index contributed by atoms with van der Waals surface area (Å²) >= 11 is 0. The van der Waals surface area contributed by atoms with Crippen molar-refractivity contribution < 1.29 is 5.11 Å². The van der Waals surface area contributed by atoms with Gasteiger partial charge in [-0.15, -0.1) is 0 Å². The molecule has 1 aromatic heterocycles. The van der Waals surface area contributed by atoms with Gasteiger partial charge in [-0.25, -0.2) is 4.68 Å². The van der Waals surface area contributed by atoms with Crippen LogP contribution in [-0.4, -0.2) is 39.5 Å². The van der Waals surface area contributed by atoms with Crippen molar-refractivity contribution in [3.63, 3.8) is 0 Å². The molecule has 0 saturated carbocycles. The maximum atomic E-state index is 9.44. The van der Waals surface area contributed by atoms with Gasteiger partial charge in [-0.3, -0.25) is 4.90 Å². The fourth-order valence-electron chi connectivity index (χ4n) is 4.08. The van der Waals surface area contributed by atoms with Crippen LogP contribution in [0, 0.1) is 5.92 Å². The van der Waals surface area contributed by atoms with E-state index in [1.54, 1.807) is 0 Å². The van der Waals surface area contributed by atoms with Crippen LogP contribution in [0.2, 0.25) is 0 Å². The Bertz CT molecular complexity index is 665. The van der Waals surface area contributed by atoms with Crippen LogP contribution in [0.1, 0.15) is 36.2 Å². The van der Waals surface area contributed by atoms with Crippen LogP contribution in [0.5, 0.6) is 0 Å². The lowest BCUT2D eigenvalue weighted by atomic mass is 9.99. The lowest BCUT2D eigenvalue weighted by molar-refractivity contribution is 0.114. The highest BCUT2D eigenvalue weighted by Gasteiger charge is 2.26. The molecule has 2 aliphatic rings. The van der Waals surface area contributed by atoms with Gasteiger partial charge in [0.1, 0.15) is 0 Å². The van der Waals surface area contributed by atoms with Gasteiger partial charge in [-0.05, 0) is 62.3 Å². The zero-order valence-corrected chi connectivity index (χ0v) is 13.6. The first-order chi connectivity index (χ1) is 11.3. The average Bonchev–Trinajstić information content (AvgIpc) is 3.20. The average molecular weight is 311 g/mol. The number of piperidine rings is 1. The molecule has 0 amide bonds. The first kappa shape index (κ1) is 14.9. The molecule has 2 aromatic rings. The number of para-hydroxylation sites is 1. The summed E-state index contributed by atoms with van der Waals surface area (Å²) in [4.78, 5) is 2.47. The van der Waals surface area contributed by atoms with Gasteiger partial charge in [0.15, 0.2) is 0 Å². The molecule has 1 atom stereocenters. The minimum atomic E-state index is 0.313. The molecule has 1 aromatic carbocycles. The highest BCUT2D eigenvalue weighted by molar-refractivity contribution is 5.39. The quantitative estimate of drug-likeness (QED) is 0.943. The second kappa shape index (κ2) is 6.46. The summed E-state index contributed by atoms with van der Waals surface area (Å²) in [6, 6.07) is 10.5. The molecule has 1 fully saturated rings. The number of aliphatic hydroxyl groups excluding tert-OH is 1. The van der Waals surface area contributed by atoms with Crippen LogP contribution in [0.25, 0.3) is 5.69 Å². The van der Waals surface area contributed by atoms with Crippen molar-refractivity contribution in [3.8, 4) is 5.69 Å².